The predicted molar refractivity (Wildman–Crippen MR) is 130 cm³/mol. The van der Waals surface area contributed by atoms with E-state index in [9.17, 15) is 4.79 Å². The zero-order chi connectivity index (χ0) is 23.4. The molecular formula is C24H25BrClN3O4. The SMILES string of the molecule is COc1ccc(CNC(=O)c2cnn(C3CCOCC3)c2-c2ccc(Br)cc2Cl)c(OC)c1. The summed E-state index contributed by atoms with van der Waals surface area (Å²) in [5.41, 5.74) is 2.78. The van der Waals surface area contributed by atoms with Crippen LogP contribution in [0.4, 0.5) is 0 Å². The molecule has 1 amide bonds. The standard InChI is InChI=1S/C24H25BrClN3O4/c1-31-18-5-3-15(22(12-18)32-2)13-27-24(30)20-14-28-29(17-7-9-33-10-8-17)23(20)19-6-4-16(25)11-21(19)26/h3-6,11-12,14,17H,7-10,13H2,1-2H3,(H,27,30). The Kier molecular flexibility index (Phi) is 7.57. The lowest BCUT2D eigenvalue weighted by molar-refractivity contribution is 0.0667. The average molecular weight is 535 g/mol. The van der Waals surface area contributed by atoms with E-state index in [-0.39, 0.29) is 11.9 Å². The Morgan fingerprint density at radius 3 is 2.70 bits per heavy atom. The summed E-state index contributed by atoms with van der Waals surface area (Å²) in [7, 11) is 3.19. The van der Waals surface area contributed by atoms with Crippen LogP contribution in [-0.4, -0.2) is 43.1 Å². The predicted octanol–water partition coefficient (Wildman–Crippen LogP) is 5.26. The number of amides is 1. The number of aromatic nitrogens is 2. The van der Waals surface area contributed by atoms with Crippen LogP contribution >= 0.6 is 27.5 Å². The minimum atomic E-state index is -0.236. The highest BCUT2D eigenvalue weighted by atomic mass is 79.9. The summed E-state index contributed by atoms with van der Waals surface area (Å²) in [5.74, 6) is 1.09. The molecule has 0 atom stereocenters. The van der Waals surface area contributed by atoms with Crippen LogP contribution in [0, 0.1) is 0 Å². The van der Waals surface area contributed by atoms with Gasteiger partial charge in [-0.05, 0) is 37.1 Å². The van der Waals surface area contributed by atoms with Gasteiger partial charge >= 0.3 is 0 Å². The Labute approximate surface area is 206 Å². The topological polar surface area (TPSA) is 74.6 Å². The maximum atomic E-state index is 13.3. The first-order chi connectivity index (χ1) is 16.0. The van der Waals surface area contributed by atoms with Gasteiger partial charge in [-0.2, -0.15) is 5.10 Å². The average Bonchev–Trinajstić information content (AvgIpc) is 3.28. The Balaban J connectivity index is 1.65. The number of hydrogen-bond acceptors (Lipinski definition) is 5. The molecule has 0 unspecified atom stereocenters. The molecule has 0 saturated carbocycles. The molecule has 2 heterocycles. The fourth-order valence-electron chi connectivity index (χ4n) is 3.95. The number of benzene rings is 2. The lowest BCUT2D eigenvalue weighted by Crippen LogP contribution is -2.25. The van der Waals surface area contributed by atoms with Gasteiger partial charge in [-0.15, -0.1) is 0 Å². The highest BCUT2D eigenvalue weighted by Gasteiger charge is 2.26. The van der Waals surface area contributed by atoms with E-state index in [1.165, 1.54) is 0 Å². The molecule has 0 radical (unpaired) electrons. The second-order valence-electron chi connectivity index (χ2n) is 7.68. The van der Waals surface area contributed by atoms with Crippen molar-refractivity contribution in [3.05, 3.63) is 63.2 Å². The van der Waals surface area contributed by atoms with Gasteiger partial charge in [0.25, 0.3) is 5.91 Å². The van der Waals surface area contributed by atoms with E-state index >= 15 is 0 Å². The molecule has 1 fully saturated rings. The molecular weight excluding hydrogens is 510 g/mol. The van der Waals surface area contributed by atoms with Crippen molar-refractivity contribution in [2.24, 2.45) is 0 Å². The van der Waals surface area contributed by atoms with Gasteiger partial charge in [0, 0.05) is 41.4 Å². The van der Waals surface area contributed by atoms with Crippen LogP contribution < -0.4 is 14.8 Å². The van der Waals surface area contributed by atoms with Gasteiger partial charge < -0.3 is 19.5 Å². The van der Waals surface area contributed by atoms with Crippen molar-refractivity contribution in [3.8, 4) is 22.8 Å². The van der Waals surface area contributed by atoms with Crippen molar-refractivity contribution in [2.45, 2.75) is 25.4 Å². The van der Waals surface area contributed by atoms with Crippen LogP contribution in [0.1, 0.15) is 34.8 Å². The number of carbonyl (C=O) groups is 1. The first-order valence-corrected chi connectivity index (χ1v) is 11.8. The molecule has 1 aliphatic rings. The van der Waals surface area contributed by atoms with Crippen LogP contribution in [0.25, 0.3) is 11.3 Å². The fourth-order valence-corrected chi connectivity index (χ4v) is 4.72. The number of nitrogens with one attached hydrogen (secondary N) is 1. The van der Waals surface area contributed by atoms with Gasteiger partial charge in [0.05, 0.1) is 42.7 Å². The fraction of sp³-hybridized carbons (Fsp3) is 0.333. The molecule has 4 rings (SSSR count). The van der Waals surface area contributed by atoms with Crippen LogP contribution in [0.2, 0.25) is 5.02 Å². The van der Waals surface area contributed by atoms with Gasteiger partial charge in [0.2, 0.25) is 0 Å². The van der Waals surface area contributed by atoms with Crippen molar-refractivity contribution in [1.82, 2.24) is 15.1 Å². The largest absolute Gasteiger partial charge is 0.497 e. The molecule has 2 aromatic carbocycles. The van der Waals surface area contributed by atoms with Crippen LogP contribution in [-0.2, 0) is 11.3 Å². The molecule has 0 aliphatic carbocycles. The second kappa shape index (κ2) is 10.6. The molecule has 1 aromatic heterocycles. The van der Waals surface area contributed by atoms with Gasteiger partial charge in [-0.25, -0.2) is 0 Å². The summed E-state index contributed by atoms with van der Waals surface area (Å²) < 4.78 is 19.0. The molecule has 9 heteroatoms. The number of halogens is 2. The summed E-state index contributed by atoms with van der Waals surface area (Å²) in [5, 5.41) is 8.14. The summed E-state index contributed by atoms with van der Waals surface area (Å²) >= 11 is 10.0. The molecule has 33 heavy (non-hydrogen) atoms. The van der Waals surface area contributed by atoms with E-state index < -0.39 is 0 Å². The minimum absolute atomic E-state index is 0.136. The quantitative estimate of drug-likeness (QED) is 0.447. The summed E-state index contributed by atoms with van der Waals surface area (Å²) in [6.07, 6.45) is 3.27. The van der Waals surface area contributed by atoms with Crippen LogP contribution in [0.15, 0.2) is 47.1 Å². The van der Waals surface area contributed by atoms with Crippen LogP contribution in [0.3, 0.4) is 0 Å². The van der Waals surface area contributed by atoms with Gasteiger partial charge in [0.1, 0.15) is 11.5 Å². The maximum Gasteiger partial charge on any atom is 0.255 e. The van der Waals surface area contributed by atoms with Crippen molar-refractivity contribution < 1.29 is 19.0 Å². The number of nitrogens with zero attached hydrogens (tertiary/aromatic N) is 2. The van der Waals surface area contributed by atoms with E-state index in [4.69, 9.17) is 25.8 Å². The lowest BCUT2D eigenvalue weighted by Gasteiger charge is -2.25. The van der Waals surface area contributed by atoms with E-state index in [2.05, 4.69) is 26.3 Å². The van der Waals surface area contributed by atoms with E-state index in [0.717, 1.165) is 28.4 Å². The molecule has 1 aliphatic heterocycles. The van der Waals surface area contributed by atoms with E-state index in [1.807, 2.05) is 35.0 Å². The Hall–Kier alpha value is -2.55. The lowest BCUT2D eigenvalue weighted by atomic mass is 10.0. The first kappa shape index (κ1) is 23.6. The number of rotatable bonds is 7. The zero-order valence-corrected chi connectivity index (χ0v) is 20.8. The third kappa shape index (κ3) is 5.18. The molecule has 1 N–H and O–H groups in total. The minimum Gasteiger partial charge on any atom is -0.497 e. The normalized spacial score (nSPS) is 14.2. The van der Waals surface area contributed by atoms with Crippen molar-refractivity contribution in [2.75, 3.05) is 27.4 Å². The van der Waals surface area contributed by atoms with Crippen molar-refractivity contribution in [1.29, 1.82) is 0 Å². The zero-order valence-electron chi connectivity index (χ0n) is 18.4. The Morgan fingerprint density at radius 2 is 2.00 bits per heavy atom. The highest BCUT2D eigenvalue weighted by molar-refractivity contribution is 9.10. The first-order valence-electron chi connectivity index (χ1n) is 10.6. The van der Waals surface area contributed by atoms with E-state index in [1.54, 1.807) is 26.5 Å². The van der Waals surface area contributed by atoms with Crippen molar-refractivity contribution in [3.63, 3.8) is 0 Å². The van der Waals surface area contributed by atoms with Gasteiger partial charge in [-0.3, -0.25) is 9.48 Å². The third-order valence-corrected chi connectivity index (χ3v) is 6.50. The number of ether oxygens (including phenoxy) is 3. The second-order valence-corrected chi connectivity index (χ2v) is 9.00. The molecule has 7 nitrogen and oxygen atoms in total. The molecule has 174 valence electrons. The smallest absolute Gasteiger partial charge is 0.255 e. The van der Waals surface area contributed by atoms with E-state index in [0.29, 0.717) is 47.5 Å². The summed E-state index contributed by atoms with van der Waals surface area (Å²) in [4.78, 5) is 13.3. The highest BCUT2D eigenvalue weighted by Crippen LogP contribution is 2.36. The molecule has 0 spiro atoms. The maximum absolute atomic E-state index is 13.3. The number of carbonyl (C=O) groups excluding carboxylic acids is 1. The third-order valence-electron chi connectivity index (χ3n) is 5.70. The Morgan fingerprint density at radius 1 is 1.21 bits per heavy atom. The number of hydrogen-bond donors (Lipinski definition) is 1. The molecule has 3 aromatic rings. The molecule has 0 bridgehead atoms. The monoisotopic (exact) mass is 533 g/mol. The molecule has 1 saturated heterocycles. The Bertz CT molecular complexity index is 1140. The van der Waals surface area contributed by atoms with Gasteiger partial charge in [0.15, 0.2) is 0 Å². The van der Waals surface area contributed by atoms with Crippen molar-refractivity contribution >= 4 is 33.4 Å². The van der Waals surface area contributed by atoms with Gasteiger partial charge in [-0.1, -0.05) is 33.6 Å². The summed E-state index contributed by atoms with van der Waals surface area (Å²) in [6, 6.07) is 11.3. The number of methoxy groups -OCH3 is 2. The summed E-state index contributed by atoms with van der Waals surface area (Å²) in [6.45, 7) is 1.62. The van der Waals surface area contributed by atoms with Crippen LogP contribution in [0.5, 0.6) is 11.5 Å².